The second kappa shape index (κ2) is 9.73. The molecule has 0 spiro atoms. The van der Waals surface area contributed by atoms with E-state index in [2.05, 4.69) is 5.32 Å². The number of para-hydroxylation sites is 1. The fraction of sp³-hybridized carbons (Fsp3) is 0.429. The number of ether oxygens (including phenoxy) is 3. The van der Waals surface area contributed by atoms with Crippen molar-refractivity contribution in [2.45, 2.75) is 0 Å². The lowest BCUT2D eigenvalue weighted by Gasteiger charge is -2.20. The summed E-state index contributed by atoms with van der Waals surface area (Å²) >= 11 is 0. The highest BCUT2D eigenvalue weighted by molar-refractivity contribution is 5.92. The van der Waals surface area contributed by atoms with Crippen molar-refractivity contribution in [1.82, 2.24) is 4.90 Å². The van der Waals surface area contributed by atoms with E-state index in [4.69, 9.17) is 14.2 Å². The molecule has 0 radical (unpaired) electrons. The molecule has 1 rings (SSSR count). The number of nitrogens with one attached hydrogen (secondary N) is 1. The highest BCUT2D eigenvalue weighted by Crippen LogP contribution is 2.06. The number of benzene rings is 1. The lowest BCUT2D eigenvalue weighted by molar-refractivity contribution is 0.0897. The molecule has 0 atom stereocenters. The minimum Gasteiger partial charge on any atom is -0.383 e. The molecular weight excluding hydrogens is 276 g/mol. The van der Waals surface area contributed by atoms with Crippen LogP contribution >= 0.6 is 0 Å². The van der Waals surface area contributed by atoms with Crippen LogP contribution in [0.1, 0.15) is 0 Å². The van der Waals surface area contributed by atoms with Gasteiger partial charge in [0.25, 0.3) is 0 Å². The second-order valence-electron chi connectivity index (χ2n) is 4.12. The Hall–Kier alpha value is -2.12. The Bertz CT molecular complexity index is 430. The summed E-state index contributed by atoms with van der Waals surface area (Å²) < 4.78 is 14.6. The van der Waals surface area contributed by atoms with Gasteiger partial charge in [-0.2, -0.15) is 0 Å². The third-order valence-electron chi connectivity index (χ3n) is 2.59. The minimum atomic E-state index is -0.828. The Morgan fingerprint density at radius 1 is 1.05 bits per heavy atom. The Kier molecular flexibility index (Phi) is 7.85. The molecule has 0 fully saturated rings. The zero-order chi connectivity index (χ0) is 15.5. The summed E-state index contributed by atoms with van der Waals surface area (Å²) in [6.45, 7) is 1.33. The van der Waals surface area contributed by atoms with Crippen LogP contribution in [0, 0.1) is 0 Å². The van der Waals surface area contributed by atoms with Gasteiger partial charge in [0, 0.05) is 33.0 Å². The molecule has 21 heavy (non-hydrogen) atoms. The Morgan fingerprint density at radius 3 is 2.14 bits per heavy atom. The number of hydrogen-bond acceptors (Lipinski definition) is 5. The van der Waals surface area contributed by atoms with Gasteiger partial charge in [0.15, 0.2) is 0 Å². The van der Waals surface area contributed by atoms with Crippen LogP contribution in [-0.2, 0) is 14.2 Å². The van der Waals surface area contributed by atoms with Crippen molar-refractivity contribution in [3.63, 3.8) is 0 Å². The van der Waals surface area contributed by atoms with E-state index < -0.39 is 12.2 Å². The number of nitrogens with zero attached hydrogens (tertiary/aromatic N) is 1. The van der Waals surface area contributed by atoms with Gasteiger partial charge in [-0.3, -0.25) is 5.32 Å². The first-order valence-electron chi connectivity index (χ1n) is 6.48. The number of methoxy groups -OCH3 is 2. The summed E-state index contributed by atoms with van der Waals surface area (Å²) in [6, 6.07) is 8.74. The normalized spacial score (nSPS) is 10.0. The van der Waals surface area contributed by atoms with Crippen molar-refractivity contribution in [3.05, 3.63) is 30.3 Å². The zero-order valence-electron chi connectivity index (χ0n) is 12.2. The summed E-state index contributed by atoms with van der Waals surface area (Å²) in [7, 11) is 3.06. The SMILES string of the molecule is COCCN(CCOC)C(=O)OC(=O)Nc1ccccc1. The Morgan fingerprint density at radius 2 is 1.62 bits per heavy atom. The van der Waals surface area contributed by atoms with Crippen LogP contribution in [0.2, 0.25) is 0 Å². The van der Waals surface area contributed by atoms with Gasteiger partial charge >= 0.3 is 12.2 Å². The van der Waals surface area contributed by atoms with Gasteiger partial charge in [-0.05, 0) is 12.1 Å². The van der Waals surface area contributed by atoms with Crippen molar-refractivity contribution in [2.75, 3.05) is 45.8 Å². The van der Waals surface area contributed by atoms with Crippen molar-refractivity contribution >= 4 is 17.9 Å². The molecule has 0 aliphatic rings. The van der Waals surface area contributed by atoms with Crippen LogP contribution in [0.3, 0.4) is 0 Å². The topological polar surface area (TPSA) is 77.1 Å². The van der Waals surface area contributed by atoms with E-state index >= 15 is 0 Å². The summed E-state index contributed by atoms with van der Waals surface area (Å²) in [6.07, 6.45) is -1.57. The van der Waals surface area contributed by atoms with E-state index in [9.17, 15) is 9.59 Å². The maximum absolute atomic E-state index is 11.9. The molecule has 0 saturated carbocycles. The van der Waals surface area contributed by atoms with Crippen molar-refractivity contribution < 1.29 is 23.8 Å². The lowest BCUT2D eigenvalue weighted by atomic mass is 10.3. The molecule has 0 saturated heterocycles. The first-order valence-corrected chi connectivity index (χ1v) is 6.48. The third kappa shape index (κ3) is 6.73. The first kappa shape index (κ1) is 16.9. The quantitative estimate of drug-likeness (QED) is 0.778. The monoisotopic (exact) mass is 296 g/mol. The second-order valence-corrected chi connectivity index (χ2v) is 4.12. The van der Waals surface area contributed by atoms with E-state index in [1.165, 1.54) is 19.1 Å². The summed E-state index contributed by atoms with van der Waals surface area (Å²) in [4.78, 5) is 24.9. The van der Waals surface area contributed by atoms with E-state index in [1.807, 2.05) is 6.07 Å². The van der Waals surface area contributed by atoms with Crippen LogP contribution < -0.4 is 5.32 Å². The van der Waals surface area contributed by atoms with Gasteiger partial charge in [-0.25, -0.2) is 9.59 Å². The molecular formula is C14H20N2O5. The molecule has 116 valence electrons. The lowest BCUT2D eigenvalue weighted by Crippen LogP contribution is -2.38. The Labute approximate surface area is 123 Å². The molecule has 0 aromatic heterocycles. The molecule has 0 aliphatic heterocycles. The minimum absolute atomic E-state index is 0.317. The van der Waals surface area contributed by atoms with Gasteiger partial charge < -0.3 is 19.1 Å². The predicted molar refractivity (Wildman–Crippen MR) is 77.3 cm³/mol. The predicted octanol–water partition coefficient (Wildman–Crippen LogP) is 1.95. The van der Waals surface area contributed by atoms with Crippen molar-refractivity contribution in [1.29, 1.82) is 0 Å². The van der Waals surface area contributed by atoms with E-state index in [-0.39, 0.29) is 0 Å². The van der Waals surface area contributed by atoms with Gasteiger partial charge in [0.05, 0.1) is 13.2 Å². The van der Waals surface area contributed by atoms with Crippen molar-refractivity contribution in [2.24, 2.45) is 0 Å². The average molecular weight is 296 g/mol. The van der Waals surface area contributed by atoms with E-state index in [0.717, 1.165) is 0 Å². The molecule has 0 aliphatic carbocycles. The molecule has 0 heterocycles. The highest BCUT2D eigenvalue weighted by Gasteiger charge is 2.18. The summed E-state index contributed by atoms with van der Waals surface area (Å²) in [5.41, 5.74) is 0.552. The zero-order valence-corrected chi connectivity index (χ0v) is 12.2. The van der Waals surface area contributed by atoms with Crippen LogP contribution in [0.25, 0.3) is 0 Å². The van der Waals surface area contributed by atoms with Gasteiger partial charge in [0.1, 0.15) is 0 Å². The fourth-order valence-corrected chi connectivity index (χ4v) is 1.51. The third-order valence-corrected chi connectivity index (χ3v) is 2.59. The molecule has 7 nitrogen and oxygen atoms in total. The van der Waals surface area contributed by atoms with Crippen LogP contribution in [0.5, 0.6) is 0 Å². The molecule has 2 amide bonds. The largest absolute Gasteiger partial charge is 0.420 e. The van der Waals surface area contributed by atoms with Crippen LogP contribution in [0.15, 0.2) is 30.3 Å². The smallest absolute Gasteiger partial charge is 0.383 e. The standard InChI is InChI=1S/C14H20N2O5/c1-19-10-8-16(9-11-20-2)14(18)21-13(17)15-12-6-4-3-5-7-12/h3-7H,8-11H2,1-2H3,(H,15,17). The number of anilines is 1. The van der Waals surface area contributed by atoms with Gasteiger partial charge in [-0.15, -0.1) is 0 Å². The number of carbonyl (C=O) groups excluding carboxylic acids is 2. The van der Waals surface area contributed by atoms with E-state index in [1.54, 1.807) is 24.3 Å². The van der Waals surface area contributed by atoms with Crippen LogP contribution in [-0.4, -0.2) is 57.6 Å². The van der Waals surface area contributed by atoms with Gasteiger partial charge in [0.2, 0.25) is 0 Å². The summed E-state index contributed by atoms with van der Waals surface area (Å²) in [5, 5.41) is 2.47. The van der Waals surface area contributed by atoms with E-state index in [0.29, 0.717) is 32.0 Å². The summed E-state index contributed by atoms with van der Waals surface area (Å²) in [5.74, 6) is 0. The fourth-order valence-electron chi connectivity index (χ4n) is 1.51. The number of rotatable bonds is 7. The maximum Gasteiger partial charge on any atom is 0.420 e. The number of hydrogen-bond donors (Lipinski definition) is 1. The Balaban J connectivity index is 2.48. The number of amides is 2. The van der Waals surface area contributed by atoms with Gasteiger partial charge in [-0.1, -0.05) is 18.2 Å². The average Bonchev–Trinajstić information content (AvgIpc) is 2.48. The molecule has 7 heteroatoms. The molecule has 1 aromatic carbocycles. The maximum atomic E-state index is 11.9. The molecule has 0 bridgehead atoms. The first-order chi connectivity index (χ1) is 10.2. The number of carbonyl (C=O) groups is 2. The van der Waals surface area contributed by atoms with Crippen LogP contribution in [0.4, 0.5) is 15.3 Å². The highest BCUT2D eigenvalue weighted by atomic mass is 16.6. The molecule has 1 N–H and O–H groups in total. The van der Waals surface area contributed by atoms with Crippen molar-refractivity contribution in [3.8, 4) is 0 Å². The molecule has 0 unspecified atom stereocenters. The molecule has 1 aromatic rings.